The highest BCUT2D eigenvalue weighted by molar-refractivity contribution is 7.91. The minimum Gasteiger partial charge on any atom is -0.484 e. The van der Waals surface area contributed by atoms with E-state index in [9.17, 15) is 13.2 Å². The van der Waals surface area contributed by atoms with Gasteiger partial charge in [-0.3, -0.25) is 4.79 Å². The van der Waals surface area contributed by atoms with Crippen LogP contribution in [0.1, 0.15) is 24.5 Å². The zero-order valence-electron chi connectivity index (χ0n) is 13.5. The molecule has 6 heteroatoms. The fourth-order valence-corrected chi connectivity index (χ4v) is 4.94. The van der Waals surface area contributed by atoms with Crippen LogP contribution in [0.4, 0.5) is 0 Å². The second kappa shape index (κ2) is 5.91. The molecule has 1 heterocycles. The van der Waals surface area contributed by atoms with Crippen LogP contribution in [0.25, 0.3) is 0 Å². The van der Waals surface area contributed by atoms with E-state index in [0.717, 1.165) is 11.1 Å². The van der Waals surface area contributed by atoms with Gasteiger partial charge in [0.25, 0.3) is 5.91 Å². The largest absolute Gasteiger partial charge is 0.484 e. The second-order valence-corrected chi connectivity index (χ2v) is 8.53. The van der Waals surface area contributed by atoms with E-state index in [4.69, 9.17) is 4.74 Å². The maximum Gasteiger partial charge on any atom is 0.260 e. The van der Waals surface area contributed by atoms with Gasteiger partial charge in [-0.15, -0.1) is 0 Å². The zero-order valence-corrected chi connectivity index (χ0v) is 14.4. The molecule has 1 aromatic rings. The van der Waals surface area contributed by atoms with Gasteiger partial charge in [0.15, 0.2) is 16.4 Å². The predicted molar refractivity (Wildman–Crippen MR) is 85.9 cm³/mol. The highest BCUT2D eigenvalue weighted by Crippen LogP contribution is 2.28. The highest BCUT2D eigenvalue weighted by atomic mass is 32.2. The SMILES string of the molecule is Cc1ccc(OCC(=O)N(C)C2(C)CCS(=O)(=O)C2)c(C)c1. The molecule has 0 radical (unpaired) electrons. The fourth-order valence-electron chi connectivity index (χ4n) is 2.76. The number of benzene rings is 1. The van der Waals surface area contributed by atoms with E-state index in [1.54, 1.807) is 7.05 Å². The molecule has 0 spiro atoms. The van der Waals surface area contributed by atoms with Gasteiger partial charge in [-0.25, -0.2) is 8.42 Å². The molecule has 0 bridgehead atoms. The molecular formula is C16H23NO4S. The summed E-state index contributed by atoms with van der Waals surface area (Å²) in [6, 6.07) is 5.77. The van der Waals surface area contributed by atoms with E-state index >= 15 is 0 Å². The lowest BCUT2D eigenvalue weighted by atomic mass is 10.00. The number of carbonyl (C=O) groups is 1. The molecule has 1 atom stereocenters. The van der Waals surface area contributed by atoms with Gasteiger partial charge in [-0.2, -0.15) is 0 Å². The Labute approximate surface area is 132 Å². The van der Waals surface area contributed by atoms with Crippen molar-refractivity contribution in [3.63, 3.8) is 0 Å². The minimum absolute atomic E-state index is 0.0196. The average molecular weight is 325 g/mol. The van der Waals surface area contributed by atoms with E-state index in [1.807, 2.05) is 39.0 Å². The number of aryl methyl sites for hydroxylation is 2. The summed E-state index contributed by atoms with van der Waals surface area (Å²) in [6.45, 7) is 5.65. The Morgan fingerprint density at radius 2 is 2.05 bits per heavy atom. The lowest BCUT2D eigenvalue weighted by molar-refractivity contribution is -0.136. The number of amides is 1. The van der Waals surface area contributed by atoms with Gasteiger partial charge in [0.2, 0.25) is 0 Å². The molecular weight excluding hydrogens is 302 g/mol. The van der Waals surface area contributed by atoms with Gasteiger partial charge in [0.05, 0.1) is 17.0 Å². The van der Waals surface area contributed by atoms with E-state index in [-0.39, 0.29) is 24.0 Å². The number of sulfone groups is 1. The van der Waals surface area contributed by atoms with Crippen LogP contribution in [-0.4, -0.2) is 49.9 Å². The van der Waals surface area contributed by atoms with Crippen molar-refractivity contribution in [1.29, 1.82) is 0 Å². The monoisotopic (exact) mass is 325 g/mol. The number of nitrogens with zero attached hydrogens (tertiary/aromatic N) is 1. The topological polar surface area (TPSA) is 63.7 Å². The maximum atomic E-state index is 12.3. The molecule has 1 aliphatic rings. The molecule has 1 fully saturated rings. The van der Waals surface area contributed by atoms with Crippen LogP contribution in [-0.2, 0) is 14.6 Å². The summed E-state index contributed by atoms with van der Waals surface area (Å²) in [6.07, 6.45) is 0.473. The van der Waals surface area contributed by atoms with Gasteiger partial charge in [-0.1, -0.05) is 17.7 Å². The molecule has 2 rings (SSSR count). The Bertz CT molecular complexity index is 683. The first kappa shape index (κ1) is 16.8. The summed E-state index contributed by atoms with van der Waals surface area (Å²) in [4.78, 5) is 13.8. The number of hydrogen-bond donors (Lipinski definition) is 0. The van der Waals surface area contributed by atoms with Crippen LogP contribution in [0, 0.1) is 13.8 Å². The summed E-state index contributed by atoms with van der Waals surface area (Å²) in [7, 11) is -1.40. The van der Waals surface area contributed by atoms with Crippen LogP contribution < -0.4 is 4.74 Å². The van der Waals surface area contributed by atoms with E-state index < -0.39 is 15.4 Å². The normalized spacial score (nSPS) is 23.3. The molecule has 1 aromatic carbocycles. The first-order chi connectivity index (χ1) is 10.1. The van der Waals surface area contributed by atoms with Gasteiger partial charge in [-0.05, 0) is 38.8 Å². The van der Waals surface area contributed by atoms with Gasteiger partial charge in [0.1, 0.15) is 5.75 Å². The molecule has 0 aromatic heterocycles. The number of hydrogen-bond acceptors (Lipinski definition) is 4. The van der Waals surface area contributed by atoms with Crippen molar-refractivity contribution < 1.29 is 17.9 Å². The molecule has 0 N–H and O–H groups in total. The van der Waals surface area contributed by atoms with Crippen molar-refractivity contribution in [3.05, 3.63) is 29.3 Å². The van der Waals surface area contributed by atoms with Crippen molar-refractivity contribution in [2.24, 2.45) is 0 Å². The number of carbonyl (C=O) groups excluding carboxylic acids is 1. The Hall–Kier alpha value is -1.56. The Morgan fingerprint density at radius 1 is 1.36 bits per heavy atom. The number of likely N-dealkylation sites (N-methyl/N-ethyl adjacent to an activating group) is 1. The van der Waals surface area contributed by atoms with Gasteiger partial charge in [0, 0.05) is 7.05 Å². The van der Waals surface area contributed by atoms with Crippen molar-refractivity contribution in [2.75, 3.05) is 25.2 Å². The van der Waals surface area contributed by atoms with Crippen LogP contribution in [0.3, 0.4) is 0 Å². The molecule has 1 aliphatic heterocycles. The summed E-state index contributed by atoms with van der Waals surface area (Å²) in [5.74, 6) is 0.626. The fraction of sp³-hybridized carbons (Fsp3) is 0.562. The zero-order chi connectivity index (χ0) is 16.5. The molecule has 22 heavy (non-hydrogen) atoms. The van der Waals surface area contributed by atoms with Crippen LogP contribution in [0.15, 0.2) is 18.2 Å². The molecule has 1 saturated heterocycles. The third kappa shape index (κ3) is 3.61. The first-order valence-electron chi connectivity index (χ1n) is 7.30. The molecule has 5 nitrogen and oxygen atoms in total. The highest BCUT2D eigenvalue weighted by Gasteiger charge is 2.43. The van der Waals surface area contributed by atoms with Gasteiger partial charge < -0.3 is 9.64 Å². The minimum atomic E-state index is -3.05. The van der Waals surface area contributed by atoms with Crippen LogP contribution >= 0.6 is 0 Å². The standard InChI is InChI=1S/C16H23NO4S/c1-12-5-6-14(13(2)9-12)21-10-15(18)17(4)16(3)7-8-22(19,20)11-16/h5-6,9H,7-8,10-11H2,1-4H3. The van der Waals surface area contributed by atoms with Crippen molar-refractivity contribution in [3.8, 4) is 5.75 Å². The van der Waals surface area contributed by atoms with E-state index in [2.05, 4.69) is 0 Å². The third-order valence-electron chi connectivity index (χ3n) is 4.35. The van der Waals surface area contributed by atoms with Gasteiger partial charge >= 0.3 is 0 Å². The smallest absolute Gasteiger partial charge is 0.260 e. The third-order valence-corrected chi connectivity index (χ3v) is 6.24. The van der Waals surface area contributed by atoms with Crippen molar-refractivity contribution in [1.82, 2.24) is 4.90 Å². The first-order valence-corrected chi connectivity index (χ1v) is 9.12. The van der Waals surface area contributed by atoms with Crippen molar-refractivity contribution in [2.45, 2.75) is 32.7 Å². The number of ether oxygens (including phenoxy) is 1. The van der Waals surface area contributed by atoms with Crippen molar-refractivity contribution >= 4 is 15.7 Å². The molecule has 0 saturated carbocycles. The van der Waals surface area contributed by atoms with Crippen LogP contribution in [0.2, 0.25) is 0 Å². The summed E-state index contributed by atoms with van der Waals surface area (Å²) < 4.78 is 28.9. The maximum absolute atomic E-state index is 12.3. The second-order valence-electron chi connectivity index (χ2n) is 6.35. The summed E-state index contributed by atoms with van der Waals surface area (Å²) in [5.41, 5.74) is 1.48. The lowest BCUT2D eigenvalue weighted by Gasteiger charge is -2.34. The number of rotatable bonds is 4. The summed E-state index contributed by atoms with van der Waals surface area (Å²) >= 11 is 0. The quantitative estimate of drug-likeness (QED) is 0.845. The Balaban J connectivity index is 2.00. The summed E-state index contributed by atoms with van der Waals surface area (Å²) in [5, 5.41) is 0. The molecule has 1 amide bonds. The van der Waals surface area contributed by atoms with E-state index in [0.29, 0.717) is 12.2 Å². The molecule has 122 valence electrons. The molecule has 1 unspecified atom stereocenters. The predicted octanol–water partition coefficient (Wildman–Crippen LogP) is 1.72. The van der Waals surface area contributed by atoms with Crippen LogP contribution in [0.5, 0.6) is 5.75 Å². The Kier molecular flexibility index (Phi) is 4.52. The Morgan fingerprint density at radius 3 is 2.59 bits per heavy atom. The lowest BCUT2D eigenvalue weighted by Crippen LogP contribution is -2.49. The van der Waals surface area contributed by atoms with E-state index in [1.165, 1.54) is 4.90 Å². The average Bonchev–Trinajstić information content (AvgIpc) is 2.71. The molecule has 0 aliphatic carbocycles.